The normalized spacial score (nSPS) is 12.3. The second-order valence-electron chi connectivity index (χ2n) is 3.74. The molecular formula is C11H20OS. The summed E-state index contributed by atoms with van der Waals surface area (Å²) in [6.07, 6.45) is 7.03. The topological polar surface area (TPSA) is 17.1 Å². The van der Waals surface area contributed by atoms with E-state index in [2.05, 4.69) is 26.8 Å². The summed E-state index contributed by atoms with van der Waals surface area (Å²) in [6.45, 7) is 6.36. The van der Waals surface area contributed by atoms with E-state index in [1.54, 1.807) is 0 Å². The van der Waals surface area contributed by atoms with Crippen LogP contribution in [0.5, 0.6) is 0 Å². The number of allylic oxidation sites excluding steroid dienone is 2. The molecule has 0 radical (unpaired) electrons. The van der Waals surface area contributed by atoms with Crippen molar-refractivity contribution in [1.82, 2.24) is 0 Å². The van der Waals surface area contributed by atoms with Crippen LogP contribution >= 0.6 is 11.8 Å². The molecule has 0 aliphatic heterocycles. The van der Waals surface area contributed by atoms with Crippen LogP contribution in [0, 0.1) is 5.92 Å². The Bertz CT molecular complexity index is 181. The zero-order valence-corrected chi connectivity index (χ0v) is 9.91. The quantitative estimate of drug-likeness (QED) is 0.630. The summed E-state index contributed by atoms with van der Waals surface area (Å²) < 4.78 is 0. The summed E-state index contributed by atoms with van der Waals surface area (Å²) in [6, 6.07) is 0. The molecule has 0 fully saturated rings. The van der Waals surface area contributed by atoms with Crippen molar-refractivity contribution in [3.05, 3.63) is 11.6 Å². The van der Waals surface area contributed by atoms with Crippen LogP contribution in [0.3, 0.4) is 0 Å². The van der Waals surface area contributed by atoms with E-state index < -0.39 is 0 Å². The molecule has 0 aromatic heterocycles. The van der Waals surface area contributed by atoms with Gasteiger partial charge in [-0.2, -0.15) is 0 Å². The van der Waals surface area contributed by atoms with Crippen LogP contribution in [0.2, 0.25) is 0 Å². The minimum atomic E-state index is 0.310. The lowest BCUT2D eigenvalue weighted by Crippen LogP contribution is -2.01. The van der Waals surface area contributed by atoms with Crippen molar-refractivity contribution in [2.45, 2.75) is 40.0 Å². The third kappa shape index (κ3) is 8.10. The molecule has 1 atom stereocenters. The molecule has 76 valence electrons. The molecule has 0 bridgehead atoms. The number of carbonyl (C=O) groups is 1. The molecule has 0 spiro atoms. The molecule has 0 aromatic rings. The van der Waals surface area contributed by atoms with Gasteiger partial charge in [-0.25, -0.2) is 0 Å². The number of carbonyl (C=O) groups excluding carboxylic acids is 1. The first-order valence-electron chi connectivity index (χ1n) is 4.76. The lowest BCUT2D eigenvalue weighted by Gasteiger charge is -2.07. The number of rotatable bonds is 5. The fourth-order valence-corrected chi connectivity index (χ4v) is 1.58. The van der Waals surface area contributed by atoms with E-state index in [0.29, 0.717) is 11.0 Å². The van der Waals surface area contributed by atoms with Gasteiger partial charge in [-0.15, -0.1) is 0 Å². The largest absolute Gasteiger partial charge is 0.287 e. The predicted molar refractivity (Wildman–Crippen MR) is 61.0 cm³/mol. The Balaban J connectivity index is 3.57. The second-order valence-corrected chi connectivity index (χ2v) is 4.61. The maximum absolute atomic E-state index is 11.1. The molecule has 0 rings (SSSR count). The highest BCUT2D eigenvalue weighted by molar-refractivity contribution is 8.13. The SMILES string of the molecule is CSC(=O)CC(C)CCC=C(C)C. The summed E-state index contributed by atoms with van der Waals surface area (Å²) in [5, 5.41) is 0.310. The van der Waals surface area contributed by atoms with Crippen LogP contribution in [0.1, 0.15) is 40.0 Å². The Labute approximate surface area is 86.0 Å². The minimum Gasteiger partial charge on any atom is -0.287 e. The van der Waals surface area contributed by atoms with Crippen LogP contribution in [-0.2, 0) is 4.79 Å². The molecule has 2 heteroatoms. The third-order valence-electron chi connectivity index (χ3n) is 1.95. The molecule has 0 aliphatic rings. The molecular weight excluding hydrogens is 180 g/mol. The van der Waals surface area contributed by atoms with Gasteiger partial charge in [-0.1, -0.05) is 30.3 Å². The van der Waals surface area contributed by atoms with Gasteiger partial charge in [0.15, 0.2) is 5.12 Å². The Morgan fingerprint density at radius 2 is 2.08 bits per heavy atom. The standard InChI is InChI=1S/C11H20OS/c1-9(2)6-5-7-10(3)8-11(12)13-4/h6,10H,5,7-8H2,1-4H3. The van der Waals surface area contributed by atoms with Gasteiger partial charge in [0, 0.05) is 6.42 Å². The van der Waals surface area contributed by atoms with E-state index in [4.69, 9.17) is 0 Å². The van der Waals surface area contributed by atoms with Gasteiger partial charge in [0.05, 0.1) is 0 Å². The fraction of sp³-hybridized carbons (Fsp3) is 0.727. The van der Waals surface area contributed by atoms with Gasteiger partial charge in [0.25, 0.3) is 0 Å². The molecule has 0 heterocycles. The van der Waals surface area contributed by atoms with E-state index in [-0.39, 0.29) is 0 Å². The lowest BCUT2D eigenvalue weighted by atomic mass is 10.0. The number of thioether (sulfide) groups is 1. The minimum absolute atomic E-state index is 0.310. The molecule has 0 saturated carbocycles. The molecule has 0 amide bonds. The van der Waals surface area contributed by atoms with Crippen molar-refractivity contribution >= 4 is 16.9 Å². The molecule has 1 nitrogen and oxygen atoms in total. The summed E-state index contributed by atoms with van der Waals surface area (Å²) in [7, 11) is 0. The maximum Gasteiger partial charge on any atom is 0.188 e. The predicted octanol–water partition coefficient (Wildman–Crippen LogP) is 3.65. The van der Waals surface area contributed by atoms with Crippen LogP contribution in [0.4, 0.5) is 0 Å². The van der Waals surface area contributed by atoms with Gasteiger partial charge >= 0.3 is 0 Å². The highest BCUT2D eigenvalue weighted by Crippen LogP contribution is 2.15. The van der Waals surface area contributed by atoms with Gasteiger partial charge < -0.3 is 0 Å². The Morgan fingerprint density at radius 1 is 1.46 bits per heavy atom. The first kappa shape index (κ1) is 12.8. The fourth-order valence-electron chi connectivity index (χ4n) is 1.13. The van der Waals surface area contributed by atoms with Crippen LogP contribution < -0.4 is 0 Å². The van der Waals surface area contributed by atoms with Crippen molar-refractivity contribution in [2.24, 2.45) is 5.92 Å². The lowest BCUT2D eigenvalue weighted by molar-refractivity contribution is -0.111. The summed E-state index contributed by atoms with van der Waals surface area (Å²) in [5.74, 6) is 0.524. The van der Waals surface area contributed by atoms with E-state index in [1.165, 1.54) is 17.3 Å². The monoisotopic (exact) mass is 200 g/mol. The van der Waals surface area contributed by atoms with Crippen LogP contribution in [-0.4, -0.2) is 11.4 Å². The maximum atomic E-state index is 11.1. The Kier molecular flexibility index (Phi) is 7.06. The second kappa shape index (κ2) is 7.19. The van der Waals surface area contributed by atoms with Crippen molar-refractivity contribution in [1.29, 1.82) is 0 Å². The average Bonchev–Trinajstić information content (AvgIpc) is 2.03. The average molecular weight is 200 g/mol. The van der Waals surface area contributed by atoms with Crippen molar-refractivity contribution < 1.29 is 4.79 Å². The molecule has 0 aromatic carbocycles. The molecule has 0 saturated heterocycles. The number of hydrogen-bond acceptors (Lipinski definition) is 2. The molecule has 0 N–H and O–H groups in total. The van der Waals surface area contributed by atoms with Crippen molar-refractivity contribution in [3.63, 3.8) is 0 Å². The van der Waals surface area contributed by atoms with Crippen LogP contribution in [0.15, 0.2) is 11.6 Å². The van der Waals surface area contributed by atoms with E-state index in [0.717, 1.165) is 19.3 Å². The van der Waals surface area contributed by atoms with E-state index in [9.17, 15) is 4.79 Å². The summed E-state index contributed by atoms with van der Waals surface area (Å²) in [5.41, 5.74) is 1.36. The van der Waals surface area contributed by atoms with Gasteiger partial charge in [-0.3, -0.25) is 4.79 Å². The molecule has 13 heavy (non-hydrogen) atoms. The number of hydrogen-bond donors (Lipinski definition) is 0. The zero-order valence-electron chi connectivity index (χ0n) is 9.09. The van der Waals surface area contributed by atoms with Gasteiger partial charge in [0.2, 0.25) is 0 Å². The van der Waals surface area contributed by atoms with Crippen molar-refractivity contribution in [3.8, 4) is 0 Å². The van der Waals surface area contributed by atoms with E-state index in [1.807, 2.05) is 6.26 Å². The summed E-state index contributed by atoms with van der Waals surface area (Å²) in [4.78, 5) is 11.1. The Hall–Kier alpha value is -0.240. The molecule has 1 unspecified atom stereocenters. The van der Waals surface area contributed by atoms with Gasteiger partial charge in [0.1, 0.15) is 0 Å². The zero-order chi connectivity index (χ0) is 10.3. The highest BCUT2D eigenvalue weighted by Gasteiger charge is 2.06. The summed E-state index contributed by atoms with van der Waals surface area (Å²) >= 11 is 1.34. The van der Waals surface area contributed by atoms with Gasteiger partial charge in [-0.05, 0) is 38.9 Å². The Morgan fingerprint density at radius 3 is 2.54 bits per heavy atom. The molecule has 0 aliphatic carbocycles. The van der Waals surface area contributed by atoms with E-state index >= 15 is 0 Å². The first-order valence-corrected chi connectivity index (χ1v) is 5.99. The smallest absolute Gasteiger partial charge is 0.188 e. The third-order valence-corrected chi connectivity index (χ3v) is 2.58. The van der Waals surface area contributed by atoms with Crippen molar-refractivity contribution in [2.75, 3.05) is 6.26 Å². The first-order chi connectivity index (χ1) is 6.06. The van der Waals surface area contributed by atoms with Crippen LogP contribution in [0.25, 0.3) is 0 Å². The highest BCUT2D eigenvalue weighted by atomic mass is 32.2.